The summed E-state index contributed by atoms with van der Waals surface area (Å²) >= 11 is 0. The summed E-state index contributed by atoms with van der Waals surface area (Å²) in [6.07, 6.45) is 4.83. The molecule has 1 spiro atoms. The van der Waals surface area contributed by atoms with Gasteiger partial charge in [0.15, 0.2) is 25.6 Å². The van der Waals surface area contributed by atoms with Crippen LogP contribution in [0.3, 0.4) is 0 Å². The Bertz CT molecular complexity index is 876. The molecule has 1 aromatic rings. The molecule has 29 heavy (non-hydrogen) atoms. The monoisotopic (exact) mass is 415 g/mol. The van der Waals surface area contributed by atoms with Crippen LogP contribution in [-0.2, 0) is 21.2 Å². The summed E-state index contributed by atoms with van der Waals surface area (Å²) in [6, 6.07) is 4.21. The second-order valence-electron chi connectivity index (χ2n) is 10.6. The van der Waals surface area contributed by atoms with E-state index in [-0.39, 0.29) is 17.4 Å². The summed E-state index contributed by atoms with van der Waals surface area (Å²) in [5, 5.41) is 0.189. The molecule has 1 unspecified atom stereocenters. The molecule has 3 heterocycles. The average molecular weight is 416 g/mol. The van der Waals surface area contributed by atoms with Gasteiger partial charge >= 0.3 is 0 Å². The normalized spacial score (nSPS) is 32.4. The molecule has 4 aliphatic rings. The first-order valence-corrected chi connectivity index (χ1v) is 13.9. The van der Waals surface area contributed by atoms with E-state index in [1.807, 2.05) is 0 Å². The quantitative estimate of drug-likeness (QED) is 0.527. The molecule has 0 amide bonds. The number of Topliss-reactive ketones (excluding diaryl/α,β-unsaturated/α-hetero) is 1. The van der Waals surface area contributed by atoms with Gasteiger partial charge in [-0.25, -0.2) is 0 Å². The maximum atomic E-state index is 13.2. The highest BCUT2D eigenvalue weighted by Gasteiger charge is 2.83. The van der Waals surface area contributed by atoms with E-state index in [9.17, 15) is 4.79 Å². The summed E-state index contributed by atoms with van der Waals surface area (Å²) in [5.41, 5.74) is 1.99. The van der Waals surface area contributed by atoms with Crippen molar-refractivity contribution in [1.29, 1.82) is 0 Å². The zero-order valence-electron chi connectivity index (χ0n) is 18.4. The standard InChI is InChI=1S/C23H33NO4Si/c1-21(2,3)29(4,5)28-12-8-16-13-18-19(27-15-26-18)14-17(16)23-20(25)7-10-22(23)9-6-11-24(22)23/h13-14H,6-12,15H2,1-5H3/t22-,23+,24?/m0/s1. The summed E-state index contributed by atoms with van der Waals surface area (Å²) in [5.74, 6) is 1.97. The SMILES string of the molecule is CC(C)(C)[Si](C)(C)OCCc1cc2c(cc1[C@@]13C(=O)CC[C@@]14CCCN43)OCO2. The number of carbonyl (C=O) groups excluding carboxylic acids is 1. The first kappa shape index (κ1) is 19.6. The lowest BCUT2D eigenvalue weighted by Gasteiger charge is -2.36. The van der Waals surface area contributed by atoms with Crippen molar-refractivity contribution in [2.24, 2.45) is 0 Å². The number of rotatable bonds is 5. The average Bonchev–Trinajstić information content (AvgIpc) is 3.10. The van der Waals surface area contributed by atoms with Crippen LogP contribution < -0.4 is 9.47 Å². The Kier molecular flexibility index (Phi) is 4.11. The van der Waals surface area contributed by atoms with Gasteiger partial charge < -0.3 is 13.9 Å². The Morgan fingerprint density at radius 2 is 1.90 bits per heavy atom. The highest BCUT2D eigenvalue weighted by molar-refractivity contribution is 6.74. The number of carbonyl (C=O) groups is 1. The fraction of sp³-hybridized carbons (Fsp3) is 0.696. The molecule has 3 atom stereocenters. The van der Waals surface area contributed by atoms with Crippen LogP contribution in [0.4, 0.5) is 0 Å². The Morgan fingerprint density at radius 3 is 2.59 bits per heavy atom. The first-order chi connectivity index (χ1) is 13.6. The number of hydrogen-bond acceptors (Lipinski definition) is 5. The van der Waals surface area contributed by atoms with Gasteiger partial charge in [-0.2, -0.15) is 0 Å². The first-order valence-electron chi connectivity index (χ1n) is 11.0. The highest BCUT2D eigenvalue weighted by atomic mass is 28.4. The van der Waals surface area contributed by atoms with Gasteiger partial charge in [-0.3, -0.25) is 9.69 Å². The molecular formula is C23H33NO4Si. The Hall–Kier alpha value is -1.37. The van der Waals surface area contributed by atoms with Crippen molar-refractivity contribution in [2.75, 3.05) is 19.9 Å². The highest BCUT2D eigenvalue weighted by Crippen LogP contribution is 2.72. The van der Waals surface area contributed by atoms with Gasteiger partial charge in [-0.1, -0.05) is 20.8 Å². The van der Waals surface area contributed by atoms with Crippen LogP contribution in [0.25, 0.3) is 0 Å². The van der Waals surface area contributed by atoms with E-state index in [1.165, 1.54) is 12.0 Å². The molecule has 2 saturated heterocycles. The van der Waals surface area contributed by atoms with Gasteiger partial charge in [0.2, 0.25) is 6.79 Å². The van der Waals surface area contributed by atoms with Crippen LogP contribution in [0.1, 0.15) is 57.6 Å². The third kappa shape index (κ3) is 2.48. The molecular weight excluding hydrogens is 382 g/mol. The van der Waals surface area contributed by atoms with Gasteiger partial charge in [0.25, 0.3) is 0 Å². The maximum absolute atomic E-state index is 13.2. The van der Waals surface area contributed by atoms with Crippen molar-refractivity contribution in [3.63, 3.8) is 0 Å². The molecule has 0 N–H and O–H groups in total. The van der Waals surface area contributed by atoms with Gasteiger partial charge in [-0.15, -0.1) is 0 Å². The largest absolute Gasteiger partial charge is 0.454 e. The minimum Gasteiger partial charge on any atom is -0.454 e. The Morgan fingerprint density at radius 1 is 1.17 bits per heavy atom. The molecule has 1 saturated carbocycles. The molecule has 1 aromatic carbocycles. The van der Waals surface area contributed by atoms with Gasteiger partial charge in [0.1, 0.15) is 5.54 Å². The number of hydrogen-bond donors (Lipinski definition) is 0. The van der Waals surface area contributed by atoms with Gasteiger partial charge in [-0.05, 0) is 67.1 Å². The van der Waals surface area contributed by atoms with E-state index in [1.54, 1.807) is 0 Å². The molecule has 0 radical (unpaired) electrons. The van der Waals surface area contributed by atoms with Gasteiger partial charge in [0, 0.05) is 19.6 Å². The minimum atomic E-state index is -1.81. The number of fused-ring (bicyclic) bond motifs is 2. The maximum Gasteiger partial charge on any atom is 0.231 e. The Balaban J connectivity index is 1.48. The molecule has 0 bridgehead atoms. The molecule has 6 heteroatoms. The summed E-state index contributed by atoms with van der Waals surface area (Å²) in [7, 11) is -1.81. The second kappa shape index (κ2) is 6.08. The van der Waals surface area contributed by atoms with Crippen LogP contribution in [-0.4, -0.2) is 44.5 Å². The predicted octanol–water partition coefficient (Wildman–Crippen LogP) is 4.39. The van der Waals surface area contributed by atoms with Crippen LogP contribution in [0, 0.1) is 0 Å². The minimum absolute atomic E-state index is 0.0623. The van der Waals surface area contributed by atoms with Crippen LogP contribution in [0.2, 0.25) is 18.1 Å². The topological polar surface area (TPSA) is 47.8 Å². The molecule has 5 rings (SSSR count). The lowest BCUT2D eigenvalue weighted by molar-refractivity contribution is -0.122. The molecule has 3 aliphatic heterocycles. The van der Waals surface area contributed by atoms with Crippen LogP contribution in [0.5, 0.6) is 11.5 Å². The number of ether oxygens (including phenoxy) is 2. The second-order valence-corrected chi connectivity index (χ2v) is 15.5. The summed E-state index contributed by atoms with van der Waals surface area (Å²) in [4.78, 5) is 15.7. The van der Waals surface area contributed by atoms with Crippen molar-refractivity contribution >= 4 is 14.1 Å². The molecule has 1 aliphatic carbocycles. The van der Waals surface area contributed by atoms with Crippen molar-refractivity contribution in [2.45, 2.75) is 82.1 Å². The van der Waals surface area contributed by atoms with E-state index in [0.29, 0.717) is 18.8 Å². The molecule has 0 aromatic heterocycles. The van der Waals surface area contributed by atoms with Crippen LogP contribution in [0.15, 0.2) is 12.1 Å². The number of piperidine rings is 2. The lowest BCUT2D eigenvalue weighted by atomic mass is 9.82. The fourth-order valence-corrected chi connectivity index (χ4v) is 6.85. The van der Waals surface area contributed by atoms with Gasteiger partial charge in [0.05, 0.1) is 5.54 Å². The van der Waals surface area contributed by atoms with E-state index < -0.39 is 13.9 Å². The Labute approximate surface area is 174 Å². The van der Waals surface area contributed by atoms with Crippen molar-refractivity contribution in [3.05, 3.63) is 23.3 Å². The van der Waals surface area contributed by atoms with Crippen molar-refractivity contribution < 1.29 is 18.7 Å². The molecule has 158 valence electrons. The number of benzene rings is 1. The zero-order chi connectivity index (χ0) is 20.7. The predicted molar refractivity (Wildman–Crippen MR) is 114 cm³/mol. The number of nitrogens with zero attached hydrogens (tertiary/aromatic N) is 1. The fourth-order valence-electron chi connectivity index (χ4n) is 5.81. The number of ketones is 1. The van der Waals surface area contributed by atoms with E-state index >= 15 is 0 Å². The summed E-state index contributed by atoms with van der Waals surface area (Å²) in [6.45, 7) is 13.4. The summed E-state index contributed by atoms with van der Waals surface area (Å²) < 4.78 is 17.8. The third-order valence-corrected chi connectivity index (χ3v) is 12.9. The van der Waals surface area contributed by atoms with E-state index in [0.717, 1.165) is 42.9 Å². The van der Waals surface area contributed by atoms with E-state index in [2.05, 4.69) is 50.9 Å². The smallest absolute Gasteiger partial charge is 0.231 e. The van der Waals surface area contributed by atoms with Crippen molar-refractivity contribution in [1.82, 2.24) is 4.90 Å². The molecule has 5 nitrogen and oxygen atoms in total. The van der Waals surface area contributed by atoms with E-state index in [4.69, 9.17) is 13.9 Å². The zero-order valence-corrected chi connectivity index (χ0v) is 19.4. The van der Waals surface area contributed by atoms with Crippen LogP contribution >= 0.6 is 0 Å². The lowest BCUT2D eigenvalue weighted by Crippen LogP contribution is -2.41. The molecule has 3 fully saturated rings. The third-order valence-electron chi connectivity index (χ3n) is 8.31. The van der Waals surface area contributed by atoms with Crippen molar-refractivity contribution in [3.8, 4) is 11.5 Å².